The van der Waals surface area contributed by atoms with E-state index in [9.17, 15) is 19.2 Å². The molecule has 0 bridgehead atoms. The van der Waals surface area contributed by atoms with E-state index in [2.05, 4.69) is 5.32 Å². The van der Waals surface area contributed by atoms with E-state index in [1.165, 1.54) is 30.0 Å². The lowest BCUT2D eigenvalue weighted by Crippen LogP contribution is -2.35. The molecule has 4 rings (SSSR count). The van der Waals surface area contributed by atoms with E-state index < -0.39 is 23.9 Å². The molecule has 1 unspecified atom stereocenters. The summed E-state index contributed by atoms with van der Waals surface area (Å²) in [7, 11) is 0. The van der Waals surface area contributed by atoms with Crippen molar-refractivity contribution in [1.29, 1.82) is 0 Å². The predicted molar refractivity (Wildman–Crippen MR) is 116 cm³/mol. The molecule has 2 aliphatic heterocycles. The van der Waals surface area contributed by atoms with Crippen LogP contribution in [0.4, 0.5) is 0 Å². The van der Waals surface area contributed by atoms with Gasteiger partial charge in [0.05, 0.1) is 16.7 Å². The molecular weight excluding hydrogens is 428 g/mol. The fourth-order valence-electron chi connectivity index (χ4n) is 3.60. The number of esters is 1. The van der Waals surface area contributed by atoms with Gasteiger partial charge in [-0.1, -0.05) is 19.4 Å². The Hall–Kier alpha value is -3.88. The molecule has 1 atom stereocenters. The minimum atomic E-state index is -1.06. The number of imide groups is 1. The number of hydrogen-bond acceptors (Lipinski definition) is 7. The van der Waals surface area contributed by atoms with Crippen molar-refractivity contribution in [3.8, 4) is 11.5 Å². The Morgan fingerprint density at radius 3 is 2.61 bits per heavy atom. The van der Waals surface area contributed by atoms with Gasteiger partial charge in [0.25, 0.3) is 17.7 Å². The first-order valence-corrected chi connectivity index (χ1v) is 10.8. The average molecular weight is 452 g/mol. The van der Waals surface area contributed by atoms with Crippen LogP contribution in [-0.2, 0) is 16.1 Å². The van der Waals surface area contributed by atoms with E-state index in [1.54, 1.807) is 18.2 Å². The van der Waals surface area contributed by atoms with Gasteiger partial charge in [-0.25, -0.2) is 4.79 Å². The summed E-state index contributed by atoms with van der Waals surface area (Å²) in [6.45, 7) is 4.15. The molecule has 3 amide bonds. The summed E-state index contributed by atoms with van der Waals surface area (Å²) in [5.74, 6) is -0.753. The Kier molecular flexibility index (Phi) is 6.30. The normalized spacial score (nSPS) is 14.8. The third-order valence-electron chi connectivity index (χ3n) is 5.50. The van der Waals surface area contributed by atoms with Crippen LogP contribution in [0.2, 0.25) is 0 Å². The molecule has 0 aromatic heterocycles. The third-order valence-corrected chi connectivity index (χ3v) is 5.50. The molecule has 9 heteroatoms. The highest BCUT2D eigenvalue weighted by atomic mass is 16.7. The summed E-state index contributed by atoms with van der Waals surface area (Å²) >= 11 is 0. The minimum Gasteiger partial charge on any atom is -0.454 e. The maximum Gasteiger partial charge on any atom is 0.338 e. The molecule has 9 nitrogen and oxygen atoms in total. The number of fused-ring (bicyclic) bond motifs is 2. The number of ether oxygens (including phenoxy) is 3. The maximum absolute atomic E-state index is 12.6. The molecule has 2 aromatic carbocycles. The SMILES string of the molecule is CCCCN1C(=O)c2ccc(C(=O)OC(C)C(=O)NCc3ccc4c(c3)OCO4)cc2C1=O. The van der Waals surface area contributed by atoms with Gasteiger partial charge in [-0.3, -0.25) is 19.3 Å². The molecule has 33 heavy (non-hydrogen) atoms. The van der Waals surface area contributed by atoms with Crippen molar-refractivity contribution in [2.75, 3.05) is 13.3 Å². The van der Waals surface area contributed by atoms with Crippen molar-refractivity contribution in [1.82, 2.24) is 10.2 Å². The molecular formula is C24H24N2O7. The van der Waals surface area contributed by atoms with E-state index in [0.29, 0.717) is 24.5 Å². The van der Waals surface area contributed by atoms with Gasteiger partial charge in [0.2, 0.25) is 6.79 Å². The number of carbonyl (C=O) groups excluding carboxylic acids is 4. The summed E-state index contributed by atoms with van der Waals surface area (Å²) in [6.07, 6.45) is 0.497. The summed E-state index contributed by atoms with van der Waals surface area (Å²) < 4.78 is 15.8. The lowest BCUT2D eigenvalue weighted by atomic mass is 10.1. The van der Waals surface area contributed by atoms with Gasteiger partial charge in [-0.15, -0.1) is 0 Å². The zero-order valence-corrected chi connectivity index (χ0v) is 18.4. The Morgan fingerprint density at radius 2 is 1.82 bits per heavy atom. The van der Waals surface area contributed by atoms with Crippen molar-refractivity contribution in [3.05, 3.63) is 58.7 Å². The second-order valence-electron chi connectivity index (χ2n) is 7.83. The second kappa shape index (κ2) is 9.32. The van der Waals surface area contributed by atoms with Crippen LogP contribution in [0.25, 0.3) is 0 Å². The van der Waals surface area contributed by atoms with Crippen molar-refractivity contribution in [2.45, 2.75) is 39.3 Å². The number of nitrogens with zero attached hydrogens (tertiary/aromatic N) is 1. The second-order valence-corrected chi connectivity index (χ2v) is 7.83. The summed E-state index contributed by atoms with van der Waals surface area (Å²) in [5.41, 5.74) is 1.34. The zero-order chi connectivity index (χ0) is 23.5. The first kappa shape index (κ1) is 22.3. The predicted octanol–water partition coefficient (Wildman–Crippen LogP) is 2.67. The lowest BCUT2D eigenvalue weighted by Gasteiger charge is -2.14. The van der Waals surface area contributed by atoms with Crippen LogP contribution in [-0.4, -0.2) is 48.0 Å². The summed E-state index contributed by atoms with van der Waals surface area (Å²) in [6, 6.07) is 9.55. The smallest absolute Gasteiger partial charge is 0.338 e. The van der Waals surface area contributed by atoms with E-state index in [0.717, 1.165) is 12.0 Å². The van der Waals surface area contributed by atoms with Crippen LogP contribution >= 0.6 is 0 Å². The van der Waals surface area contributed by atoms with E-state index >= 15 is 0 Å². The molecule has 2 heterocycles. The van der Waals surface area contributed by atoms with Gasteiger partial charge in [0.1, 0.15) is 0 Å². The third kappa shape index (κ3) is 4.52. The number of benzene rings is 2. The molecule has 1 N–H and O–H groups in total. The summed E-state index contributed by atoms with van der Waals surface area (Å²) in [5, 5.41) is 2.71. The van der Waals surface area contributed by atoms with Gasteiger partial charge < -0.3 is 19.5 Å². The molecule has 0 aliphatic carbocycles. The molecule has 0 radical (unpaired) electrons. The van der Waals surface area contributed by atoms with Crippen LogP contribution in [0.3, 0.4) is 0 Å². The number of nitrogens with one attached hydrogen (secondary N) is 1. The van der Waals surface area contributed by atoms with Crippen LogP contribution in [0.15, 0.2) is 36.4 Å². The highest BCUT2D eigenvalue weighted by Gasteiger charge is 2.35. The number of amides is 3. The first-order valence-electron chi connectivity index (χ1n) is 10.8. The molecule has 2 aliphatic rings. The van der Waals surface area contributed by atoms with Gasteiger partial charge in [-0.2, -0.15) is 0 Å². The van der Waals surface area contributed by atoms with Crippen LogP contribution in [0, 0.1) is 0 Å². The Morgan fingerprint density at radius 1 is 1.06 bits per heavy atom. The Labute approximate surface area is 190 Å². The molecule has 0 spiro atoms. The standard InChI is InChI=1S/C24H24N2O7/c1-3-4-9-26-22(28)17-7-6-16(11-18(17)23(26)29)24(30)33-14(2)21(27)25-12-15-5-8-19-20(10-15)32-13-31-19/h5-8,10-11,14H,3-4,9,12-13H2,1-2H3,(H,25,27). The molecule has 2 aromatic rings. The quantitative estimate of drug-likeness (QED) is 0.484. The fraction of sp³-hybridized carbons (Fsp3) is 0.333. The monoisotopic (exact) mass is 452 g/mol. The van der Waals surface area contributed by atoms with Gasteiger partial charge in [0.15, 0.2) is 17.6 Å². The number of unbranched alkanes of at least 4 members (excludes halogenated alkanes) is 1. The van der Waals surface area contributed by atoms with E-state index in [-0.39, 0.29) is 35.9 Å². The van der Waals surface area contributed by atoms with Crippen molar-refractivity contribution >= 4 is 23.7 Å². The first-order chi connectivity index (χ1) is 15.9. The highest BCUT2D eigenvalue weighted by Crippen LogP contribution is 2.32. The Balaban J connectivity index is 1.35. The number of hydrogen-bond donors (Lipinski definition) is 1. The molecule has 0 saturated carbocycles. The van der Waals surface area contributed by atoms with Gasteiger partial charge in [0, 0.05) is 13.1 Å². The maximum atomic E-state index is 12.6. The average Bonchev–Trinajstić information content (AvgIpc) is 3.38. The van der Waals surface area contributed by atoms with Crippen molar-refractivity contribution in [2.24, 2.45) is 0 Å². The van der Waals surface area contributed by atoms with Crippen molar-refractivity contribution in [3.63, 3.8) is 0 Å². The molecule has 0 saturated heterocycles. The highest BCUT2D eigenvalue weighted by molar-refractivity contribution is 6.22. The molecule has 172 valence electrons. The van der Waals surface area contributed by atoms with E-state index in [1.807, 2.05) is 6.92 Å². The zero-order valence-electron chi connectivity index (χ0n) is 18.4. The van der Waals surface area contributed by atoms with Crippen LogP contribution < -0.4 is 14.8 Å². The van der Waals surface area contributed by atoms with Crippen molar-refractivity contribution < 1.29 is 33.4 Å². The Bertz CT molecular complexity index is 1130. The van der Waals surface area contributed by atoms with E-state index in [4.69, 9.17) is 14.2 Å². The fourth-order valence-corrected chi connectivity index (χ4v) is 3.60. The van der Waals surface area contributed by atoms with Crippen LogP contribution in [0.1, 0.15) is 63.3 Å². The molecule has 0 fully saturated rings. The largest absolute Gasteiger partial charge is 0.454 e. The summed E-state index contributed by atoms with van der Waals surface area (Å²) in [4.78, 5) is 51.2. The lowest BCUT2D eigenvalue weighted by molar-refractivity contribution is -0.129. The van der Waals surface area contributed by atoms with Crippen LogP contribution in [0.5, 0.6) is 11.5 Å². The number of carbonyl (C=O) groups is 4. The number of rotatable bonds is 8. The van der Waals surface area contributed by atoms with Gasteiger partial charge in [-0.05, 0) is 49.2 Å². The van der Waals surface area contributed by atoms with Gasteiger partial charge >= 0.3 is 5.97 Å². The minimum absolute atomic E-state index is 0.0997. The topological polar surface area (TPSA) is 111 Å².